The quantitative estimate of drug-likeness (QED) is 0.325. The number of ketones is 1. The van der Waals surface area contributed by atoms with Gasteiger partial charge in [0.05, 0.1) is 12.2 Å². The predicted molar refractivity (Wildman–Crippen MR) is 129 cm³/mol. The van der Waals surface area contributed by atoms with Crippen molar-refractivity contribution in [2.45, 2.75) is 20.1 Å². The number of hydrogen-bond donors (Lipinski definition) is 0. The summed E-state index contributed by atoms with van der Waals surface area (Å²) < 4.78 is 23.9. The molecule has 5 nitrogen and oxygen atoms in total. The molecule has 2 heterocycles. The molecule has 0 unspecified atom stereocenters. The first-order valence-electron chi connectivity index (χ1n) is 10.1. The van der Waals surface area contributed by atoms with Crippen molar-refractivity contribution < 1.29 is 23.7 Å². The Morgan fingerprint density at radius 3 is 2.82 bits per heavy atom. The molecular weight excluding hydrogens is 531 g/mol. The van der Waals surface area contributed by atoms with E-state index in [1.54, 1.807) is 30.3 Å². The van der Waals surface area contributed by atoms with Gasteiger partial charge >= 0.3 is 0 Å². The van der Waals surface area contributed by atoms with E-state index >= 15 is 0 Å². The number of halogens is 3. The number of hydrogen-bond acceptors (Lipinski definition) is 5. The third kappa shape index (κ3) is 4.49. The number of Topliss-reactive ketones (excluding diaryl/α,β-unsaturated/α-hetero) is 1. The Morgan fingerprint density at radius 1 is 1.15 bits per heavy atom. The van der Waals surface area contributed by atoms with E-state index in [-0.39, 0.29) is 24.9 Å². The van der Waals surface area contributed by atoms with Gasteiger partial charge in [-0.2, -0.15) is 0 Å². The van der Waals surface area contributed by atoms with E-state index < -0.39 is 0 Å². The van der Waals surface area contributed by atoms with Crippen LogP contribution in [0.15, 0.2) is 52.7 Å². The molecule has 0 saturated carbocycles. The van der Waals surface area contributed by atoms with E-state index in [0.717, 1.165) is 26.9 Å². The number of ether oxygens (including phenoxy) is 4. The highest BCUT2D eigenvalue weighted by Crippen LogP contribution is 2.39. The molecule has 3 aromatic carbocycles. The van der Waals surface area contributed by atoms with E-state index in [1.807, 2.05) is 25.1 Å². The Morgan fingerprint density at radius 2 is 2.00 bits per heavy atom. The molecule has 0 radical (unpaired) electrons. The van der Waals surface area contributed by atoms with Crippen molar-refractivity contribution in [3.8, 4) is 17.2 Å². The van der Waals surface area contributed by atoms with E-state index in [4.69, 9.17) is 42.1 Å². The molecule has 0 spiro atoms. The first kappa shape index (κ1) is 22.3. The van der Waals surface area contributed by atoms with Crippen molar-refractivity contribution in [3.05, 3.63) is 90.6 Å². The normalized spacial score (nSPS) is 15.6. The van der Waals surface area contributed by atoms with Crippen LogP contribution in [-0.2, 0) is 18.0 Å². The molecule has 0 aliphatic carbocycles. The Bertz CT molecular complexity index is 1320. The van der Waals surface area contributed by atoms with Crippen LogP contribution in [-0.4, -0.2) is 12.6 Å². The summed E-state index contributed by atoms with van der Waals surface area (Å²) in [5.74, 6) is 1.81. The van der Waals surface area contributed by atoms with E-state index in [0.29, 0.717) is 39.3 Å². The second-order valence-electron chi connectivity index (χ2n) is 7.67. The number of aryl methyl sites for hydroxylation is 1. The summed E-state index contributed by atoms with van der Waals surface area (Å²) in [6.45, 7) is 2.84. The summed E-state index contributed by atoms with van der Waals surface area (Å²) in [5, 5.41) is 0.958. The van der Waals surface area contributed by atoms with E-state index in [2.05, 4.69) is 15.9 Å². The summed E-state index contributed by atoms with van der Waals surface area (Å²) in [7, 11) is 0. The largest absolute Gasteiger partial charge is 0.489 e. The molecule has 0 atom stereocenters. The number of benzene rings is 3. The van der Waals surface area contributed by atoms with Gasteiger partial charge in [-0.15, -0.1) is 0 Å². The van der Waals surface area contributed by atoms with Gasteiger partial charge < -0.3 is 18.9 Å². The molecule has 168 valence electrons. The first-order chi connectivity index (χ1) is 15.9. The minimum Gasteiger partial charge on any atom is -0.489 e. The second-order valence-corrected chi connectivity index (χ2v) is 9.43. The van der Waals surface area contributed by atoms with Gasteiger partial charge in [0.1, 0.15) is 23.9 Å². The lowest BCUT2D eigenvalue weighted by Gasteiger charge is -2.21. The maximum absolute atomic E-state index is 13.0. The smallest absolute Gasteiger partial charge is 0.232 e. The zero-order valence-corrected chi connectivity index (χ0v) is 20.5. The maximum atomic E-state index is 13.0. The molecule has 0 saturated heterocycles. The van der Waals surface area contributed by atoms with Crippen LogP contribution in [0, 0.1) is 6.92 Å². The van der Waals surface area contributed by atoms with Gasteiger partial charge in [0.25, 0.3) is 0 Å². The number of allylic oxidation sites excluding steroid dienone is 1. The van der Waals surface area contributed by atoms with Crippen molar-refractivity contribution in [2.75, 3.05) is 6.79 Å². The zero-order valence-electron chi connectivity index (χ0n) is 17.4. The molecule has 0 bridgehead atoms. The molecule has 2 aliphatic heterocycles. The van der Waals surface area contributed by atoms with Gasteiger partial charge in [0.2, 0.25) is 5.78 Å². The maximum Gasteiger partial charge on any atom is 0.232 e. The lowest BCUT2D eigenvalue weighted by molar-refractivity contribution is -0.0176. The molecule has 0 fully saturated rings. The molecule has 0 aromatic heterocycles. The minimum absolute atomic E-state index is 0.198. The third-order valence-corrected chi connectivity index (χ3v) is 6.36. The van der Waals surface area contributed by atoms with Gasteiger partial charge in [-0.1, -0.05) is 45.2 Å². The van der Waals surface area contributed by atoms with Gasteiger partial charge in [-0.25, -0.2) is 0 Å². The predicted octanol–water partition coefficient (Wildman–Crippen LogP) is 7.13. The summed E-state index contributed by atoms with van der Waals surface area (Å²) >= 11 is 15.7. The summed E-state index contributed by atoms with van der Waals surface area (Å²) in [4.78, 5) is 13.0. The van der Waals surface area contributed by atoms with Crippen molar-refractivity contribution in [1.82, 2.24) is 0 Å². The fraction of sp³-hybridized carbons (Fsp3) is 0.160. The molecule has 5 rings (SSSR count). The van der Waals surface area contributed by atoms with Crippen LogP contribution in [0.1, 0.15) is 32.6 Å². The van der Waals surface area contributed by atoms with E-state index in [9.17, 15) is 4.79 Å². The molecule has 0 amide bonds. The van der Waals surface area contributed by atoms with Crippen molar-refractivity contribution >= 4 is 51.0 Å². The molecule has 33 heavy (non-hydrogen) atoms. The Kier molecular flexibility index (Phi) is 6.10. The lowest BCUT2D eigenvalue weighted by Crippen LogP contribution is -2.14. The van der Waals surface area contributed by atoms with Crippen molar-refractivity contribution in [1.29, 1.82) is 0 Å². The molecule has 0 N–H and O–H groups in total. The fourth-order valence-corrected chi connectivity index (χ4v) is 4.86. The highest BCUT2D eigenvalue weighted by Gasteiger charge is 2.30. The summed E-state index contributed by atoms with van der Waals surface area (Å²) in [5.41, 5.74) is 3.78. The summed E-state index contributed by atoms with van der Waals surface area (Å²) in [6.07, 6.45) is 1.62. The number of rotatable bonds is 4. The van der Waals surface area contributed by atoms with Crippen LogP contribution >= 0.6 is 39.1 Å². The average molecular weight is 548 g/mol. The van der Waals surface area contributed by atoms with Crippen LogP contribution in [0.4, 0.5) is 0 Å². The monoisotopic (exact) mass is 546 g/mol. The van der Waals surface area contributed by atoms with Gasteiger partial charge in [0, 0.05) is 31.7 Å². The Hall–Kier alpha value is -2.51. The van der Waals surface area contributed by atoms with Crippen molar-refractivity contribution in [2.24, 2.45) is 0 Å². The average Bonchev–Trinajstić information content (AvgIpc) is 3.09. The topological polar surface area (TPSA) is 54.0 Å². The highest BCUT2D eigenvalue weighted by atomic mass is 79.9. The molecule has 8 heteroatoms. The van der Waals surface area contributed by atoms with Gasteiger partial charge in [-0.3, -0.25) is 4.79 Å². The fourth-order valence-electron chi connectivity index (χ4n) is 3.85. The lowest BCUT2D eigenvalue weighted by atomic mass is 10.0. The van der Waals surface area contributed by atoms with Gasteiger partial charge in [-0.05, 0) is 54.5 Å². The molecular formula is C25H17BrCl2O5. The van der Waals surface area contributed by atoms with Crippen LogP contribution in [0.2, 0.25) is 10.0 Å². The SMILES string of the molecule is Cc1cc(OCc2cc(Br)cc3c2OCOC3)cc2c1C(=O)/C(=C/c1ccc(Cl)cc1Cl)O2. The van der Waals surface area contributed by atoms with Crippen LogP contribution in [0.3, 0.4) is 0 Å². The van der Waals surface area contributed by atoms with E-state index in [1.165, 1.54) is 0 Å². The second kappa shape index (κ2) is 9.03. The Labute approximate surface area is 208 Å². The van der Waals surface area contributed by atoms with Crippen LogP contribution < -0.4 is 14.2 Å². The van der Waals surface area contributed by atoms with Crippen molar-refractivity contribution in [3.63, 3.8) is 0 Å². The van der Waals surface area contributed by atoms with Crippen LogP contribution in [0.25, 0.3) is 6.08 Å². The standard InChI is InChI=1S/C25H17BrCl2O5/c1-13-4-19(31-11-16-6-17(26)5-15-10-30-12-32-25(15)16)9-21-23(13)24(29)22(33-21)7-14-2-3-18(27)8-20(14)28/h2-9H,10-12H2,1H3/b22-7-. The molecule has 3 aromatic rings. The molecule has 2 aliphatic rings. The van der Waals surface area contributed by atoms with Crippen LogP contribution in [0.5, 0.6) is 17.2 Å². The number of carbonyl (C=O) groups is 1. The Balaban J connectivity index is 1.40. The summed E-state index contributed by atoms with van der Waals surface area (Å²) in [6, 6.07) is 12.5. The van der Waals surface area contributed by atoms with Gasteiger partial charge in [0.15, 0.2) is 12.6 Å². The first-order valence-corrected chi connectivity index (χ1v) is 11.6. The number of carbonyl (C=O) groups excluding carboxylic acids is 1. The number of fused-ring (bicyclic) bond motifs is 2. The minimum atomic E-state index is -0.200. The third-order valence-electron chi connectivity index (χ3n) is 5.34. The highest BCUT2D eigenvalue weighted by molar-refractivity contribution is 9.10. The zero-order chi connectivity index (χ0) is 23.1.